The second-order valence-corrected chi connectivity index (χ2v) is 5.17. The maximum atomic E-state index is 12.4. The first-order valence-corrected chi connectivity index (χ1v) is 6.32. The predicted octanol–water partition coefficient (Wildman–Crippen LogP) is 2.36. The van der Waals surface area contributed by atoms with Crippen molar-refractivity contribution < 1.29 is 15.0 Å². The molecule has 0 heterocycles. The highest BCUT2D eigenvalue weighted by atomic mass is 16.3. The number of carbonyl (C=O) groups is 1. The van der Waals surface area contributed by atoms with E-state index in [1.165, 1.54) is 18.9 Å². The Morgan fingerprint density at radius 3 is 2.61 bits per heavy atom. The summed E-state index contributed by atoms with van der Waals surface area (Å²) in [5, 5.41) is 19.2. The fourth-order valence-corrected chi connectivity index (χ4v) is 1.97. The lowest BCUT2D eigenvalue weighted by Crippen LogP contribution is -2.38. The van der Waals surface area contributed by atoms with Crippen molar-refractivity contribution in [3.05, 3.63) is 23.8 Å². The third-order valence-electron chi connectivity index (χ3n) is 3.28. The van der Waals surface area contributed by atoms with Crippen LogP contribution in [-0.2, 0) is 0 Å². The normalized spacial score (nSPS) is 14.8. The van der Waals surface area contributed by atoms with Gasteiger partial charge in [-0.2, -0.15) is 0 Å². The smallest absolute Gasteiger partial charge is 0.257 e. The highest BCUT2D eigenvalue weighted by molar-refractivity contribution is 5.97. The number of aromatic hydroxyl groups is 2. The summed E-state index contributed by atoms with van der Waals surface area (Å²) in [6.45, 7) is 4.64. The molecular weight excluding hydrogens is 230 g/mol. The first kappa shape index (κ1) is 12.7. The van der Waals surface area contributed by atoms with Crippen LogP contribution in [0.3, 0.4) is 0 Å². The van der Waals surface area contributed by atoms with Crippen LogP contribution in [0.1, 0.15) is 37.0 Å². The number of phenolic OH excluding ortho intramolecular Hbond substituents is 2. The molecule has 2 N–H and O–H groups in total. The Balaban J connectivity index is 2.23. The van der Waals surface area contributed by atoms with E-state index in [4.69, 9.17) is 0 Å². The van der Waals surface area contributed by atoms with Gasteiger partial charge in [-0.25, -0.2) is 0 Å². The molecule has 0 radical (unpaired) electrons. The van der Waals surface area contributed by atoms with Crippen LogP contribution in [0.5, 0.6) is 11.5 Å². The van der Waals surface area contributed by atoms with Gasteiger partial charge in [0, 0.05) is 12.6 Å². The second-order valence-electron chi connectivity index (χ2n) is 5.17. The van der Waals surface area contributed by atoms with Crippen LogP contribution in [0.4, 0.5) is 0 Å². The summed E-state index contributed by atoms with van der Waals surface area (Å²) < 4.78 is 0. The van der Waals surface area contributed by atoms with Crippen molar-refractivity contribution >= 4 is 5.91 Å². The molecule has 1 aromatic rings. The van der Waals surface area contributed by atoms with E-state index in [0.717, 1.165) is 6.54 Å². The molecule has 0 aliphatic heterocycles. The minimum atomic E-state index is -0.330. The van der Waals surface area contributed by atoms with Crippen molar-refractivity contribution in [2.24, 2.45) is 5.92 Å². The van der Waals surface area contributed by atoms with Crippen molar-refractivity contribution in [1.29, 1.82) is 0 Å². The van der Waals surface area contributed by atoms with E-state index < -0.39 is 0 Å². The van der Waals surface area contributed by atoms with Crippen LogP contribution in [0.2, 0.25) is 0 Å². The van der Waals surface area contributed by atoms with Gasteiger partial charge in [0.25, 0.3) is 5.91 Å². The molecule has 98 valence electrons. The molecule has 4 heteroatoms. The van der Waals surface area contributed by atoms with Crippen LogP contribution in [0.15, 0.2) is 18.2 Å². The average Bonchev–Trinajstić information content (AvgIpc) is 3.12. The van der Waals surface area contributed by atoms with E-state index >= 15 is 0 Å². The third-order valence-corrected chi connectivity index (χ3v) is 3.28. The summed E-state index contributed by atoms with van der Waals surface area (Å²) in [4.78, 5) is 14.1. The zero-order chi connectivity index (χ0) is 13.3. The van der Waals surface area contributed by atoms with Crippen LogP contribution < -0.4 is 0 Å². The summed E-state index contributed by atoms with van der Waals surface area (Å²) in [6.07, 6.45) is 2.34. The molecule has 4 nitrogen and oxygen atoms in total. The van der Waals surface area contributed by atoms with Crippen LogP contribution >= 0.6 is 0 Å². The highest BCUT2D eigenvalue weighted by Crippen LogP contribution is 2.33. The fourth-order valence-electron chi connectivity index (χ4n) is 1.97. The molecule has 0 aromatic heterocycles. The number of rotatable bonds is 4. The van der Waals surface area contributed by atoms with Gasteiger partial charge >= 0.3 is 0 Å². The SMILES string of the molecule is CC(C)N(CC1CC1)C(=O)c1cccc(O)c1O. The van der Waals surface area contributed by atoms with Gasteiger partial charge in [0.15, 0.2) is 11.5 Å². The van der Waals surface area contributed by atoms with Gasteiger partial charge in [-0.1, -0.05) is 6.07 Å². The average molecular weight is 249 g/mol. The van der Waals surface area contributed by atoms with Gasteiger partial charge in [0.05, 0.1) is 5.56 Å². The molecule has 0 saturated heterocycles. The molecule has 2 rings (SSSR count). The number of hydrogen-bond acceptors (Lipinski definition) is 3. The molecule has 18 heavy (non-hydrogen) atoms. The Morgan fingerprint density at radius 1 is 1.39 bits per heavy atom. The lowest BCUT2D eigenvalue weighted by molar-refractivity contribution is 0.0692. The monoisotopic (exact) mass is 249 g/mol. The maximum absolute atomic E-state index is 12.4. The van der Waals surface area contributed by atoms with Crippen LogP contribution in [-0.4, -0.2) is 33.6 Å². The molecule has 0 spiro atoms. The number of amides is 1. The molecule has 0 unspecified atom stereocenters. The van der Waals surface area contributed by atoms with Crippen molar-refractivity contribution in [2.45, 2.75) is 32.7 Å². The van der Waals surface area contributed by atoms with Crippen molar-refractivity contribution in [1.82, 2.24) is 4.90 Å². The predicted molar refractivity (Wildman–Crippen MR) is 68.7 cm³/mol. The molecule has 1 aliphatic carbocycles. The Kier molecular flexibility index (Phi) is 3.45. The van der Waals surface area contributed by atoms with Crippen LogP contribution in [0, 0.1) is 5.92 Å². The van der Waals surface area contributed by atoms with E-state index in [1.54, 1.807) is 17.0 Å². The van der Waals surface area contributed by atoms with Gasteiger partial charge in [0.2, 0.25) is 0 Å². The largest absolute Gasteiger partial charge is 0.504 e. The number of carbonyl (C=O) groups excluding carboxylic acids is 1. The van der Waals surface area contributed by atoms with Crippen LogP contribution in [0.25, 0.3) is 0 Å². The first-order chi connectivity index (χ1) is 8.50. The Bertz CT molecular complexity index is 452. The number of hydrogen-bond donors (Lipinski definition) is 2. The van der Waals surface area contributed by atoms with Crippen molar-refractivity contribution in [2.75, 3.05) is 6.54 Å². The summed E-state index contributed by atoms with van der Waals surface area (Å²) in [7, 11) is 0. The fraction of sp³-hybridized carbons (Fsp3) is 0.500. The molecule has 1 amide bonds. The van der Waals surface area contributed by atoms with Gasteiger partial charge in [-0.3, -0.25) is 4.79 Å². The molecule has 0 bridgehead atoms. The van der Waals surface area contributed by atoms with Gasteiger partial charge in [-0.15, -0.1) is 0 Å². The standard InChI is InChI=1S/C14H19NO3/c1-9(2)15(8-10-6-7-10)14(18)11-4-3-5-12(16)13(11)17/h3-5,9-10,16-17H,6-8H2,1-2H3. The number of benzene rings is 1. The quantitative estimate of drug-likeness (QED) is 0.805. The van der Waals surface area contributed by atoms with E-state index in [0.29, 0.717) is 5.92 Å². The minimum Gasteiger partial charge on any atom is -0.504 e. The van der Waals surface area contributed by atoms with E-state index in [2.05, 4.69) is 0 Å². The third kappa shape index (κ3) is 2.58. The highest BCUT2D eigenvalue weighted by Gasteiger charge is 2.29. The summed E-state index contributed by atoms with van der Waals surface area (Å²) in [5.74, 6) is -0.207. The summed E-state index contributed by atoms with van der Waals surface area (Å²) >= 11 is 0. The van der Waals surface area contributed by atoms with Gasteiger partial charge in [-0.05, 0) is 44.7 Å². The minimum absolute atomic E-state index is 0.0832. The van der Waals surface area contributed by atoms with Gasteiger partial charge in [0.1, 0.15) is 0 Å². The van der Waals surface area contributed by atoms with E-state index in [9.17, 15) is 15.0 Å². The maximum Gasteiger partial charge on any atom is 0.257 e. The number of phenols is 2. The van der Waals surface area contributed by atoms with Crippen molar-refractivity contribution in [3.63, 3.8) is 0 Å². The van der Waals surface area contributed by atoms with Crippen molar-refractivity contribution in [3.8, 4) is 11.5 Å². The second kappa shape index (κ2) is 4.88. The van der Waals surface area contributed by atoms with E-state index in [1.807, 2.05) is 13.8 Å². The number of para-hydroxylation sites is 1. The molecule has 1 aromatic carbocycles. The lowest BCUT2D eigenvalue weighted by atomic mass is 10.1. The van der Waals surface area contributed by atoms with Gasteiger partial charge < -0.3 is 15.1 Å². The summed E-state index contributed by atoms with van der Waals surface area (Å²) in [6, 6.07) is 4.56. The topological polar surface area (TPSA) is 60.8 Å². The zero-order valence-electron chi connectivity index (χ0n) is 10.8. The molecular formula is C14H19NO3. The summed E-state index contributed by atoms with van der Waals surface area (Å²) in [5.41, 5.74) is 0.171. The Hall–Kier alpha value is -1.71. The first-order valence-electron chi connectivity index (χ1n) is 6.32. The zero-order valence-corrected chi connectivity index (χ0v) is 10.8. The molecule has 1 saturated carbocycles. The Labute approximate surface area is 107 Å². The van der Waals surface area contributed by atoms with E-state index in [-0.39, 0.29) is 29.0 Å². The number of nitrogens with zero attached hydrogens (tertiary/aromatic N) is 1. The molecule has 0 atom stereocenters. The molecule has 1 aliphatic rings. The lowest BCUT2D eigenvalue weighted by Gasteiger charge is -2.27. The Morgan fingerprint density at radius 2 is 2.06 bits per heavy atom. The molecule has 1 fully saturated rings.